The molecule has 2 aromatic carbocycles. The Morgan fingerprint density at radius 2 is 1.90 bits per heavy atom. The van der Waals surface area contributed by atoms with Gasteiger partial charge in [0.15, 0.2) is 0 Å². The molecular weight excluding hydrogens is 366 g/mol. The number of aryl methyl sites for hydroxylation is 1. The summed E-state index contributed by atoms with van der Waals surface area (Å²) in [5, 5.41) is 11.7. The van der Waals surface area contributed by atoms with Crippen LogP contribution in [0.4, 0.5) is 0 Å². The summed E-state index contributed by atoms with van der Waals surface area (Å²) in [6, 6.07) is 13.5. The summed E-state index contributed by atoms with van der Waals surface area (Å²) in [6.45, 7) is 4.64. The fourth-order valence-electron chi connectivity index (χ4n) is 4.19. The van der Waals surface area contributed by atoms with Crippen molar-refractivity contribution in [2.45, 2.75) is 38.5 Å². The molecule has 1 aromatic heterocycles. The van der Waals surface area contributed by atoms with E-state index < -0.39 is 5.60 Å². The van der Waals surface area contributed by atoms with Gasteiger partial charge in [-0.05, 0) is 37.5 Å². The lowest BCUT2D eigenvalue weighted by molar-refractivity contribution is -0.0365. The molecule has 0 spiro atoms. The number of para-hydroxylation sites is 2. The van der Waals surface area contributed by atoms with Crippen LogP contribution >= 0.6 is 0 Å². The lowest BCUT2D eigenvalue weighted by Crippen LogP contribution is -2.47. The van der Waals surface area contributed by atoms with E-state index in [9.17, 15) is 9.90 Å². The number of rotatable bonds is 5. The molecule has 1 saturated heterocycles. The lowest BCUT2D eigenvalue weighted by atomic mass is 9.91. The molecule has 1 N–H and O–H groups in total. The van der Waals surface area contributed by atoms with E-state index in [0.29, 0.717) is 23.7 Å². The van der Waals surface area contributed by atoms with Gasteiger partial charge in [0.2, 0.25) is 0 Å². The van der Waals surface area contributed by atoms with Crippen molar-refractivity contribution in [1.82, 2.24) is 14.5 Å². The highest BCUT2D eigenvalue weighted by Crippen LogP contribution is 2.28. The second-order valence-electron chi connectivity index (χ2n) is 7.96. The maximum absolute atomic E-state index is 12.7. The zero-order valence-electron chi connectivity index (χ0n) is 17.0. The molecule has 6 heteroatoms. The number of aliphatic hydroxyl groups is 1. The van der Waals surface area contributed by atoms with Gasteiger partial charge in [-0.15, -0.1) is 0 Å². The number of aromatic nitrogens is 2. The Kier molecular flexibility index (Phi) is 5.39. The molecule has 1 fully saturated rings. The Bertz CT molecular complexity index is 1070. The molecule has 6 nitrogen and oxygen atoms in total. The fourth-order valence-corrected chi connectivity index (χ4v) is 4.19. The van der Waals surface area contributed by atoms with Crippen molar-refractivity contribution in [1.29, 1.82) is 0 Å². The standard InChI is InChI=1S/C23H27N3O3/c1-17-6-5-7-18(21(17)29-2)14-25-12-10-23(28,11-13-25)15-26-16-24-20-9-4-3-8-19(20)22(26)27/h3-9,16,28H,10-15H2,1-2H3. The van der Waals surface area contributed by atoms with Crippen LogP contribution in [-0.2, 0) is 13.1 Å². The van der Waals surface area contributed by atoms with E-state index >= 15 is 0 Å². The van der Waals surface area contributed by atoms with Gasteiger partial charge < -0.3 is 9.84 Å². The van der Waals surface area contributed by atoms with Crippen molar-refractivity contribution in [3.63, 3.8) is 0 Å². The Labute approximate surface area is 170 Å². The predicted molar refractivity (Wildman–Crippen MR) is 113 cm³/mol. The zero-order chi connectivity index (χ0) is 20.4. The molecule has 1 aliphatic rings. The second kappa shape index (κ2) is 7.97. The van der Waals surface area contributed by atoms with Crippen molar-refractivity contribution in [3.8, 4) is 5.75 Å². The predicted octanol–water partition coefficient (Wildman–Crippen LogP) is 2.74. The van der Waals surface area contributed by atoms with Crippen molar-refractivity contribution < 1.29 is 9.84 Å². The summed E-state index contributed by atoms with van der Waals surface area (Å²) in [6.07, 6.45) is 2.77. The van der Waals surface area contributed by atoms with Gasteiger partial charge in [0, 0.05) is 25.2 Å². The number of nitrogens with zero attached hydrogens (tertiary/aromatic N) is 3. The maximum Gasteiger partial charge on any atom is 0.261 e. The summed E-state index contributed by atoms with van der Waals surface area (Å²) in [5.74, 6) is 0.933. The summed E-state index contributed by atoms with van der Waals surface area (Å²) < 4.78 is 7.11. The highest BCUT2D eigenvalue weighted by atomic mass is 16.5. The normalized spacial score (nSPS) is 16.8. The van der Waals surface area contributed by atoms with Crippen LogP contribution in [-0.4, -0.2) is 45.4 Å². The van der Waals surface area contributed by atoms with Gasteiger partial charge in [-0.1, -0.05) is 30.3 Å². The molecule has 4 rings (SSSR count). The molecule has 0 radical (unpaired) electrons. The molecule has 29 heavy (non-hydrogen) atoms. The van der Waals surface area contributed by atoms with Gasteiger partial charge in [0.25, 0.3) is 5.56 Å². The molecule has 3 aromatic rings. The van der Waals surface area contributed by atoms with Gasteiger partial charge >= 0.3 is 0 Å². The van der Waals surface area contributed by atoms with Crippen LogP contribution in [0.25, 0.3) is 10.9 Å². The van der Waals surface area contributed by atoms with Crippen molar-refractivity contribution >= 4 is 10.9 Å². The molecule has 2 heterocycles. The average Bonchev–Trinajstić information content (AvgIpc) is 2.72. The van der Waals surface area contributed by atoms with Crippen molar-refractivity contribution in [2.75, 3.05) is 20.2 Å². The van der Waals surface area contributed by atoms with Crippen LogP contribution in [0.5, 0.6) is 5.75 Å². The fraction of sp³-hybridized carbons (Fsp3) is 0.391. The molecule has 0 amide bonds. The third-order valence-corrected chi connectivity index (χ3v) is 5.87. The van der Waals surface area contributed by atoms with Gasteiger partial charge in [-0.3, -0.25) is 14.3 Å². The molecule has 152 valence electrons. The quantitative estimate of drug-likeness (QED) is 0.722. The SMILES string of the molecule is COc1c(C)cccc1CN1CCC(O)(Cn2cnc3ccccc3c2=O)CC1. The topological polar surface area (TPSA) is 67.6 Å². The molecule has 0 saturated carbocycles. The number of likely N-dealkylation sites (tertiary alicyclic amines) is 1. The highest BCUT2D eigenvalue weighted by molar-refractivity contribution is 5.76. The smallest absolute Gasteiger partial charge is 0.261 e. The minimum absolute atomic E-state index is 0.101. The van der Waals surface area contributed by atoms with E-state index in [4.69, 9.17) is 4.74 Å². The number of fused-ring (bicyclic) bond motifs is 1. The first-order chi connectivity index (χ1) is 14.0. The van der Waals surface area contributed by atoms with Crippen LogP contribution in [0.2, 0.25) is 0 Å². The number of benzene rings is 2. The van der Waals surface area contributed by atoms with Gasteiger partial charge in [0.05, 0.1) is 36.5 Å². The van der Waals surface area contributed by atoms with Crippen molar-refractivity contribution in [2.24, 2.45) is 0 Å². The lowest BCUT2D eigenvalue weighted by Gasteiger charge is -2.38. The van der Waals surface area contributed by atoms with E-state index in [0.717, 1.165) is 36.5 Å². The number of piperidine rings is 1. The monoisotopic (exact) mass is 393 g/mol. The van der Waals surface area contributed by atoms with E-state index in [1.807, 2.05) is 37.3 Å². The molecule has 0 aliphatic carbocycles. The first-order valence-corrected chi connectivity index (χ1v) is 10.0. The molecule has 0 unspecified atom stereocenters. The number of hydrogen-bond donors (Lipinski definition) is 1. The van der Waals surface area contributed by atoms with Crippen LogP contribution in [0, 0.1) is 6.92 Å². The van der Waals surface area contributed by atoms with Crippen molar-refractivity contribution in [3.05, 3.63) is 70.3 Å². The zero-order valence-corrected chi connectivity index (χ0v) is 17.0. The third kappa shape index (κ3) is 4.04. The van der Waals surface area contributed by atoms with Crippen LogP contribution in [0.15, 0.2) is 53.6 Å². The minimum Gasteiger partial charge on any atom is -0.496 e. The number of ether oxygens (including phenoxy) is 1. The van der Waals surface area contributed by atoms with Gasteiger partial charge in [-0.25, -0.2) is 4.98 Å². The van der Waals surface area contributed by atoms with E-state index in [2.05, 4.69) is 16.0 Å². The summed E-state index contributed by atoms with van der Waals surface area (Å²) in [4.78, 5) is 19.4. The summed E-state index contributed by atoms with van der Waals surface area (Å²) >= 11 is 0. The largest absolute Gasteiger partial charge is 0.496 e. The van der Waals surface area contributed by atoms with E-state index in [-0.39, 0.29) is 12.1 Å². The van der Waals surface area contributed by atoms with Gasteiger partial charge in [0.1, 0.15) is 5.75 Å². The number of methoxy groups -OCH3 is 1. The Morgan fingerprint density at radius 1 is 1.14 bits per heavy atom. The molecular formula is C23H27N3O3. The van der Waals surface area contributed by atoms with Crippen LogP contribution in [0.3, 0.4) is 0 Å². The van der Waals surface area contributed by atoms with Crippen LogP contribution in [0.1, 0.15) is 24.0 Å². The van der Waals surface area contributed by atoms with Crippen LogP contribution < -0.4 is 10.3 Å². The average molecular weight is 393 g/mol. The Morgan fingerprint density at radius 3 is 2.66 bits per heavy atom. The molecule has 1 aliphatic heterocycles. The number of hydrogen-bond acceptors (Lipinski definition) is 5. The maximum atomic E-state index is 12.7. The summed E-state index contributed by atoms with van der Waals surface area (Å²) in [5.41, 5.74) is 1.97. The molecule has 0 atom stereocenters. The summed E-state index contributed by atoms with van der Waals surface area (Å²) in [7, 11) is 1.70. The Balaban J connectivity index is 1.45. The first-order valence-electron chi connectivity index (χ1n) is 10.0. The minimum atomic E-state index is -0.902. The second-order valence-corrected chi connectivity index (χ2v) is 7.96. The van der Waals surface area contributed by atoms with E-state index in [1.54, 1.807) is 24.1 Å². The van der Waals surface area contributed by atoms with E-state index in [1.165, 1.54) is 0 Å². The molecule has 0 bridgehead atoms. The first kappa shape index (κ1) is 19.6. The highest BCUT2D eigenvalue weighted by Gasteiger charge is 2.33. The Hall–Kier alpha value is -2.70. The third-order valence-electron chi connectivity index (χ3n) is 5.87. The van der Waals surface area contributed by atoms with Gasteiger partial charge in [-0.2, -0.15) is 0 Å².